The number of rotatable bonds is 2. The van der Waals surface area contributed by atoms with Gasteiger partial charge < -0.3 is 0 Å². The Balaban J connectivity index is 3.46. The van der Waals surface area contributed by atoms with Crippen molar-refractivity contribution in [2.45, 2.75) is 0 Å². The third kappa shape index (κ3) is 4.38. The Bertz CT molecular complexity index is 55.4. The van der Waals surface area contributed by atoms with Crippen LogP contribution in [0.2, 0.25) is 0 Å². The van der Waals surface area contributed by atoms with E-state index in [9.17, 15) is 0 Å². The molecule has 0 aliphatic carbocycles. The van der Waals surface area contributed by atoms with Crippen molar-refractivity contribution in [1.29, 1.82) is 2.67 Å². The molecule has 0 saturated heterocycles. The summed E-state index contributed by atoms with van der Waals surface area (Å²) < 4.78 is 14.0. The van der Waals surface area contributed by atoms with Crippen molar-refractivity contribution in [2.75, 3.05) is 0 Å². The van der Waals surface area contributed by atoms with Crippen molar-refractivity contribution in [3.63, 3.8) is 0 Å². The Morgan fingerprint density at radius 2 is 2.00 bits per heavy atom. The molecule has 0 spiro atoms. The zero-order chi connectivity index (χ0) is 6.73. The quantitative estimate of drug-likeness (QED) is 0.444. The monoisotopic (exact) mass is 176 g/mol. The molecular weight excluding hydrogens is 166 g/mol. The maximum absolute atomic E-state index is 6.98. The standard InChI is InChI=1S/BH8P5/c1-5(2)6(3)4/h1-4H2/i1D2. The Morgan fingerprint density at radius 3 is 2.00 bits per heavy atom. The molecule has 0 heterocycles. The highest BCUT2D eigenvalue weighted by atomic mass is 32.8. The van der Waals surface area contributed by atoms with Crippen LogP contribution in [0.15, 0.2) is 0 Å². The van der Waals surface area contributed by atoms with Crippen LogP contribution in [0.1, 0.15) is 0 Å². The lowest BCUT2D eigenvalue weighted by molar-refractivity contribution is 4.72. The van der Waals surface area contributed by atoms with Crippen LogP contribution in [0.25, 0.3) is 0 Å². The van der Waals surface area contributed by atoms with Gasteiger partial charge in [0.05, 0.1) is 0 Å². The van der Waals surface area contributed by atoms with Crippen molar-refractivity contribution in [3.05, 3.63) is 0 Å². The van der Waals surface area contributed by atoms with Crippen molar-refractivity contribution >= 4 is 48.4 Å². The fourth-order valence-corrected chi connectivity index (χ4v) is 0. The normalized spacial score (nSPS) is 19.3. The number of hydrogen-bond donors (Lipinski definition) is 0. The SMILES string of the molecule is [2H]B([2H])P(P)P(P)P. The van der Waals surface area contributed by atoms with Gasteiger partial charge in [0.15, 0.2) is 0 Å². The molecule has 0 radical (unpaired) electrons. The molecule has 0 rings (SSSR count). The maximum atomic E-state index is 6.98. The van der Waals surface area contributed by atoms with Crippen LogP contribution in [0.3, 0.4) is 0 Å². The van der Waals surface area contributed by atoms with Crippen LogP contribution in [-0.4, -0.2) is 10.2 Å². The van der Waals surface area contributed by atoms with Gasteiger partial charge >= 0.3 is 0 Å². The van der Waals surface area contributed by atoms with Crippen LogP contribution in [0.5, 0.6) is 0 Å². The van der Waals surface area contributed by atoms with E-state index in [-0.39, 0.29) is 6.99 Å². The van der Waals surface area contributed by atoms with E-state index in [0.29, 0.717) is 0 Å². The van der Waals surface area contributed by atoms with Crippen molar-refractivity contribution in [2.24, 2.45) is 0 Å². The second kappa shape index (κ2) is 4.13. The van der Waals surface area contributed by atoms with Gasteiger partial charge in [-0.05, 0) is 9.66 Å². The topological polar surface area (TPSA) is 0 Å². The van der Waals surface area contributed by atoms with Gasteiger partial charge in [-0.2, -0.15) is 0 Å². The maximum Gasteiger partial charge on any atom is 0.145 e. The molecule has 4 atom stereocenters. The fraction of sp³-hybridized carbons (Fsp3) is 0. The van der Waals surface area contributed by atoms with E-state index in [0.717, 1.165) is 0 Å². The largest absolute Gasteiger partial charge is 0.145 e. The third-order valence-corrected chi connectivity index (χ3v) is 14.4. The Hall–Kier alpha value is 2.21. The summed E-state index contributed by atoms with van der Waals surface area (Å²) >= 11 is 0. The minimum atomic E-state index is -0.642. The molecule has 0 N–H and O–H groups in total. The fourth-order valence-electron chi connectivity index (χ4n) is 0. The number of hydrogen-bond acceptors (Lipinski definition) is 0. The van der Waals surface area contributed by atoms with Crippen LogP contribution in [-0.2, 0) is 0 Å². The van der Waals surface area contributed by atoms with Crippen LogP contribution in [0, 0.1) is 0 Å². The summed E-state index contributed by atoms with van der Waals surface area (Å²) in [5, 5.41) is 0. The van der Waals surface area contributed by atoms with Crippen LogP contribution < -0.4 is 0 Å². The van der Waals surface area contributed by atoms with E-state index in [2.05, 4.69) is 26.8 Å². The lowest BCUT2D eigenvalue weighted by Crippen LogP contribution is -1.36. The predicted octanol–water partition coefficient (Wildman–Crippen LogP) is 1.78. The van der Waals surface area contributed by atoms with Crippen LogP contribution in [0.4, 0.5) is 0 Å². The molecule has 0 aromatic heterocycles. The summed E-state index contributed by atoms with van der Waals surface area (Å²) in [6.07, 6.45) is 0. The molecular formula is H8BP5. The van der Waals surface area contributed by atoms with Crippen molar-refractivity contribution < 1.29 is 0 Å². The summed E-state index contributed by atoms with van der Waals surface area (Å²) in [7, 11) is 6.74. The lowest BCUT2D eigenvalue weighted by Gasteiger charge is -2.06. The summed E-state index contributed by atoms with van der Waals surface area (Å²) in [6, 6.07) is 0. The van der Waals surface area contributed by atoms with Crippen molar-refractivity contribution in [1.82, 2.24) is 0 Å². The minimum Gasteiger partial charge on any atom is -0.116 e. The zero-order valence-electron chi connectivity index (χ0n) is 5.20. The molecule has 0 aliphatic rings. The van der Waals surface area contributed by atoms with Gasteiger partial charge in [-0.25, -0.2) is 0 Å². The highest BCUT2D eigenvalue weighted by Gasteiger charge is 1.94. The van der Waals surface area contributed by atoms with Gasteiger partial charge in [-0.1, -0.05) is 7.18 Å². The third-order valence-electron chi connectivity index (χ3n) is 0.267. The molecule has 0 aromatic rings. The average Bonchev–Trinajstić information content (AvgIpc) is 1.64. The molecule has 6 heteroatoms. The molecule has 6 heavy (non-hydrogen) atoms. The first-order valence-corrected chi connectivity index (χ1v) is 9.55. The van der Waals surface area contributed by atoms with Gasteiger partial charge in [-0.15, -0.1) is 26.8 Å². The summed E-state index contributed by atoms with van der Waals surface area (Å²) in [4.78, 5) is 0. The van der Waals surface area contributed by atoms with Gasteiger partial charge in [0, 0.05) is 0 Å². The molecule has 0 bridgehead atoms. The Labute approximate surface area is 51.8 Å². The second-order valence-electron chi connectivity index (χ2n) is 0.760. The van der Waals surface area contributed by atoms with E-state index in [1.807, 2.05) is 0 Å². The first-order valence-electron chi connectivity index (χ1n) is 2.39. The molecule has 0 aliphatic heterocycles. The molecule has 36 valence electrons. The van der Waals surface area contributed by atoms with E-state index >= 15 is 0 Å². The smallest absolute Gasteiger partial charge is 0.116 e. The summed E-state index contributed by atoms with van der Waals surface area (Å²) in [5.74, 6) is 0. The molecule has 0 saturated carbocycles. The molecule has 0 nitrogen and oxygen atoms in total. The Morgan fingerprint density at radius 1 is 1.50 bits per heavy atom. The van der Waals surface area contributed by atoms with Gasteiger partial charge in [0.2, 0.25) is 0 Å². The van der Waals surface area contributed by atoms with E-state index in [4.69, 9.17) is 2.67 Å². The lowest BCUT2D eigenvalue weighted by atomic mass is 10.8. The van der Waals surface area contributed by atoms with Crippen molar-refractivity contribution in [3.8, 4) is 0 Å². The van der Waals surface area contributed by atoms with E-state index in [1.54, 1.807) is 0 Å². The zero-order valence-corrected chi connectivity index (χ0v) is 8.46. The summed E-state index contributed by atoms with van der Waals surface area (Å²) in [6.45, 7) is -0.215. The first kappa shape index (κ1) is 5.04. The van der Waals surface area contributed by atoms with E-state index < -0.39 is 14.7 Å². The van der Waals surface area contributed by atoms with Gasteiger partial charge in [0.1, 0.15) is 7.49 Å². The summed E-state index contributed by atoms with van der Waals surface area (Å²) in [5.41, 5.74) is 0. The molecule has 0 amide bonds. The second-order valence-corrected chi connectivity index (χ2v) is 15.8. The molecule has 4 unspecified atom stereocenters. The van der Waals surface area contributed by atoms with Gasteiger partial charge in [0.25, 0.3) is 0 Å². The minimum absolute atomic E-state index is 0.215. The Kier molecular flexibility index (Phi) is 3.47. The molecule has 0 fully saturated rings. The highest BCUT2D eigenvalue weighted by Crippen LogP contribution is 2.80. The highest BCUT2D eigenvalue weighted by molar-refractivity contribution is 8.86. The van der Waals surface area contributed by atoms with Crippen LogP contribution >= 0.6 is 40.9 Å². The first-order chi connectivity index (χ1) is 3.55. The van der Waals surface area contributed by atoms with E-state index in [1.165, 1.54) is 0 Å². The van der Waals surface area contributed by atoms with Gasteiger partial charge in [-0.3, -0.25) is 0 Å². The molecule has 0 aromatic carbocycles. The predicted molar refractivity (Wildman–Crippen MR) is 51.5 cm³/mol. The average molecular weight is 176 g/mol.